The van der Waals surface area contributed by atoms with Crippen LogP contribution < -0.4 is 5.32 Å². The van der Waals surface area contributed by atoms with Crippen molar-refractivity contribution in [2.45, 2.75) is 20.8 Å². The number of nitrogens with one attached hydrogen (secondary N) is 1. The second-order valence-electron chi connectivity index (χ2n) is 5.12. The highest BCUT2D eigenvalue weighted by Crippen LogP contribution is 2.18. The van der Waals surface area contributed by atoms with Gasteiger partial charge in [-0.1, -0.05) is 20.8 Å². The summed E-state index contributed by atoms with van der Waals surface area (Å²) in [7, 11) is 0. The minimum absolute atomic E-state index is 0.0406. The number of hydrogen-bond donors (Lipinski definition) is 2. The van der Waals surface area contributed by atoms with E-state index in [-0.39, 0.29) is 11.3 Å². The van der Waals surface area contributed by atoms with Crippen LogP contribution in [0.15, 0.2) is 18.2 Å². The summed E-state index contributed by atoms with van der Waals surface area (Å²) in [6.45, 7) is 6.73. The third-order valence-electron chi connectivity index (χ3n) is 2.02. The third kappa shape index (κ3) is 5.14. The van der Waals surface area contributed by atoms with Crippen LogP contribution in [0.5, 0.6) is 0 Å². The third-order valence-corrected chi connectivity index (χ3v) is 3.07. The fraction of sp³-hybridized carbons (Fsp3) is 0.385. The normalized spacial score (nSPS) is 11.7. The number of hydrogen-bond acceptors (Lipinski definition) is 3. The van der Waals surface area contributed by atoms with Gasteiger partial charge in [-0.05, 0) is 23.6 Å². The van der Waals surface area contributed by atoms with Gasteiger partial charge in [0.2, 0.25) is 0 Å². The Morgan fingerprint density at radius 1 is 1.39 bits per heavy atom. The molecule has 0 unspecified atom stereocenters. The first kappa shape index (κ1) is 14.4. The Morgan fingerprint density at radius 2 is 2.06 bits per heavy atom. The summed E-state index contributed by atoms with van der Waals surface area (Å²) < 4.78 is 0. The van der Waals surface area contributed by atoms with Crippen molar-refractivity contribution in [1.29, 1.82) is 0 Å². The minimum Gasteiger partial charge on any atom is -0.478 e. The molecule has 98 valence electrons. The van der Waals surface area contributed by atoms with Crippen LogP contribution >= 0.6 is 11.3 Å². The summed E-state index contributed by atoms with van der Waals surface area (Å²) in [5.41, 5.74) is 0.0406. The Labute approximate surface area is 110 Å². The molecule has 1 amide bonds. The first-order valence-corrected chi connectivity index (χ1v) is 6.39. The summed E-state index contributed by atoms with van der Waals surface area (Å²) in [4.78, 5) is 23.5. The van der Waals surface area contributed by atoms with Crippen LogP contribution in [0, 0.1) is 5.41 Å². The molecule has 0 radical (unpaired) electrons. The van der Waals surface area contributed by atoms with E-state index in [2.05, 4.69) is 5.32 Å². The molecule has 5 heteroatoms. The van der Waals surface area contributed by atoms with Gasteiger partial charge in [0, 0.05) is 17.5 Å². The summed E-state index contributed by atoms with van der Waals surface area (Å²) in [6, 6.07) is 3.43. The predicted octanol–water partition coefficient (Wildman–Crippen LogP) is 2.62. The number of aliphatic carboxylic acids is 1. The molecule has 0 fully saturated rings. The molecule has 1 rings (SSSR count). The monoisotopic (exact) mass is 267 g/mol. The van der Waals surface area contributed by atoms with E-state index < -0.39 is 5.97 Å². The van der Waals surface area contributed by atoms with Crippen molar-refractivity contribution >= 4 is 29.3 Å². The molecule has 0 aromatic carbocycles. The first-order chi connectivity index (χ1) is 8.28. The summed E-state index contributed by atoms with van der Waals surface area (Å²) >= 11 is 1.27. The van der Waals surface area contributed by atoms with Crippen LogP contribution in [-0.4, -0.2) is 23.5 Å². The van der Waals surface area contributed by atoms with E-state index in [1.165, 1.54) is 17.4 Å². The first-order valence-electron chi connectivity index (χ1n) is 5.57. The lowest BCUT2D eigenvalue weighted by molar-refractivity contribution is -0.131. The van der Waals surface area contributed by atoms with Crippen molar-refractivity contribution in [2.75, 3.05) is 6.54 Å². The highest BCUT2D eigenvalue weighted by molar-refractivity contribution is 7.14. The van der Waals surface area contributed by atoms with Gasteiger partial charge in [-0.2, -0.15) is 0 Å². The molecule has 1 aromatic heterocycles. The van der Waals surface area contributed by atoms with Crippen molar-refractivity contribution < 1.29 is 14.7 Å². The number of rotatable bonds is 4. The maximum Gasteiger partial charge on any atom is 0.328 e. The van der Waals surface area contributed by atoms with Gasteiger partial charge in [-0.25, -0.2) is 4.79 Å². The highest BCUT2D eigenvalue weighted by Gasteiger charge is 2.14. The molecular weight excluding hydrogens is 250 g/mol. The lowest BCUT2D eigenvalue weighted by Gasteiger charge is -2.18. The van der Waals surface area contributed by atoms with Crippen LogP contribution in [0.3, 0.4) is 0 Å². The zero-order chi connectivity index (χ0) is 13.8. The zero-order valence-corrected chi connectivity index (χ0v) is 11.5. The Hall–Kier alpha value is -1.62. The lowest BCUT2D eigenvalue weighted by Crippen LogP contribution is -2.31. The second-order valence-corrected chi connectivity index (χ2v) is 6.23. The molecule has 0 atom stereocenters. The molecule has 0 spiro atoms. The number of carboxylic acid groups (broad SMARTS) is 1. The molecule has 0 saturated carbocycles. The molecule has 2 N–H and O–H groups in total. The average Bonchev–Trinajstić information content (AvgIpc) is 2.70. The number of carbonyl (C=O) groups excluding carboxylic acids is 1. The van der Waals surface area contributed by atoms with Gasteiger partial charge in [0.15, 0.2) is 0 Å². The average molecular weight is 267 g/mol. The number of amides is 1. The van der Waals surface area contributed by atoms with E-state index in [0.29, 0.717) is 11.4 Å². The Balaban J connectivity index is 2.62. The van der Waals surface area contributed by atoms with Crippen LogP contribution in [0.1, 0.15) is 35.3 Å². The van der Waals surface area contributed by atoms with Crippen molar-refractivity contribution in [3.63, 3.8) is 0 Å². The summed E-state index contributed by atoms with van der Waals surface area (Å²) in [6.07, 6.45) is 2.54. The van der Waals surface area contributed by atoms with Gasteiger partial charge in [0.25, 0.3) is 5.91 Å². The van der Waals surface area contributed by atoms with E-state index in [4.69, 9.17) is 5.11 Å². The molecule has 0 saturated heterocycles. The van der Waals surface area contributed by atoms with Gasteiger partial charge >= 0.3 is 5.97 Å². The topological polar surface area (TPSA) is 66.4 Å². The summed E-state index contributed by atoms with van der Waals surface area (Å²) in [5.74, 6) is -1.12. The molecular formula is C13H17NO3S. The Kier molecular flexibility index (Phi) is 4.67. The van der Waals surface area contributed by atoms with E-state index in [0.717, 1.165) is 11.0 Å². The smallest absolute Gasteiger partial charge is 0.328 e. The van der Waals surface area contributed by atoms with E-state index in [1.807, 2.05) is 20.8 Å². The fourth-order valence-electron chi connectivity index (χ4n) is 1.15. The van der Waals surface area contributed by atoms with Crippen LogP contribution in [0.4, 0.5) is 0 Å². The molecule has 0 aliphatic rings. The highest BCUT2D eigenvalue weighted by atomic mass is 32.1. The van der Waals surface area contributed by atoms with E-state index in [1.54, 1.807) is 12.1 Å². The van der Waals surface area contributed by atoms with Gasteiger partial charge in [0.1, 0.15) is 0 Å². The number of carboxylic acids is 1. The van der Waals surface area contributed by atoms with Crippen LogP contribution in [0.25, 0.3) is 6.08 Å². The van der Waals surface area contributed by atoms with Gasteiger partial charge in [0.05, 0.1) is 4.88 Å². The van der Waals surface area contributed by atoms with Crippen LogP contribution in [0.2, 0.25) is 0 Å². The largest absolute Gasteiger partial charge is 0.478 e. The van der Waals surface area contributed by atoms with E-state index in [9.17, 15) is 9.59 Å². The maximum absolute atomic E-state index is 11.8. The quantitative estimate of drug-likeness (QED) is 0.824. The summed E-state index contributed by atoms with van der Waals surface area (Å²) in [5, 5.41) is 11.4. The molecule has 0 aliphatic heterocycles. The van der Waals surface area contributed by atoms with Gasteiger partial charge < -0.3 is 10.4 Å². The Bertz CT molecular complexity index is 469. The maximum atomic E-state index is 11.8. The van der Waals surface area contributed by atoms with Crippen molar-refractivity contribution in [3.05, 3.63) is 28.0 Å². The lowest BCUT2D eigenvalue weighted by atomic mass is 9.97. The molecule has 18 heavy (non-hydrogen) atoms. The van der Waals surface area contributed by atoms with Crippen molar-refractivity contribution in [2.24, 2.45) is 5.41 Å². The SMILES string of the molecule is CC(C)(C)CNC(=O)c1ccc(/C=C/C(=O)O)s1. The standard InChI is InChI=1S/C13H17NO3S/c1-13(2,3)8-14-12(17)10-6-4-9(18-10)5-7-11(15)16/h4-7H,8H2,1-3H3,(H,14,17)(H,15,16)/b7-5+. The Morgan fingerprint density at radius 3 is 2.61 bits per heavy atom. The number of carbonyl (C=O) groups is 2. The minimum atomic E-state index is -0.998. The predicted molar refractivity (Wildman–Crippen MR) is 72.8 cm³/mol. The van der Waals surface area contributed by atoms with E-state index >= 15 is 0 Å². The number of thiophene rings is 1. The van der Waals surface area contributed by atoms with Crippen LogP contribution in [-0.2, 0) is 4.79 Å². The second kappa shape index (κ2) is 5.82. The zero-order valence-electron chi connectivity index (χ0n) is 10.7. The fourth-order valence-corrected chi connectivity index (χ4v) is 1.98. The van der Waals surface area contributed by atoms with Crippen molar-refractivity contribution in [1.82, 2.24) is 5.32 Å². The molecule has 1 heterocycles. The van der Waals surface area contributed by atoms with Crippen molar-refractivity contribution in [3.8, 4) is 0 Å². The van der Waals surface area contributed by atoms with Gasteiger partial charge in [-0.15, -0.1) is 11.3 Å². The van der Waals surface area contributed by atoms with Gasteiger partial charge in [-0.3, -0.25) is 4.79 Å². The molecule has 4 nitrogen and oxygen atoms in total. The molecule has 0 bridgehead atoms. The molecule has 0 aliphatic carbocycles. The molecule has 1 aromatic rings.